The molecule has 2 aromatic rings. The highest BCUT2D eigenvalue weighted by Crippen LogP contribution is 2.43. The zero-order valence-corrected chi connectivity index (χ0v) is 17.1. The van der Waals surface area contributed by atoms with E-state index >= 15 is 0 Å². The smallest absolute Gasteiger partial charge is 0.223 e. The first-order valence-corrected chi connectivity index (χ1v) is 10.7. The van der Waals surface area contributed by atoms with Gasteiger partial charge in [-0.3, -0.25) is 9.69 Å². The summed E-state index contributed by atoms with van der Waals surface area (Å²) in [6.07, 6.45) is 6.99. The summed E-state index contributed by atoms with van der Waals surface area (Å²) in [4.78, 5) is 26.1. The number of pyridine rings is 1. The molecule has 1 spiro atoms. The number of carbonyl (C=O) groups is 1. The summed E-state index contributed by atoms with van der Waals surface area (Å²) in [6, 6.07) is 2.66. The van der Waals surface area contributed by atoms with Gasteiger partial charge in [0.15, 0.2) is 5.13 Å². The third-order valence-corrected chi connectivity index (χ3v) is 6.83. The topological polar surface area (TPSA) is 70.6 Å². The summed E-state index contributed by atoms with van der Waals surface area (Å²) in [5.41, 5.74) is 1.14. The molecule has 28 heavy (non-hydrogen) atoms. The van der Waals surface area contributed by atoms with Crippen molar-refractivity contribution in [2.75, 3.05) is 29.9 Å². The molecule has 1 N–H and O–H groups in total. The number of nitrogens with zero attached hydrogens (tertiary/aromatic N) is 4. The van der Waals surface area contributed by atoms with E-state index in [2.05, 4.69) is 38.1 Å². The van der Waals surface area contributed by atoms with Gasteiger partial charge in [0.25, 0.3) is 0 Å². The minimum atomic E-state index is -0.151. The van der Waals surface area contributed by atoms with Crippen LogP contribution in [0.1, 0.15) is 37.1 Å². The number of hydrogen-bond acceptors (Lipinski definition) is 7. The molecular weight excluding hydrogens is 374 g/mol. The summed E-state index contributed by atoms with van der Waals surface area (Å²) >= 11 is 1.54. The Bertz CT molecular complexity index is 912. The van der Waals surface area contributed by atoms with Crippen molar-refractivity contribution in [1.82, 2.24) is 14.9 Å². The molecule has 3 aliphatic heterocycles. The molecule has 5 rings (SSSR count). The average molecular weight is 400 g/mol. The fraction of sp³-hybridized carbons (Fsp3) is 0.550. The zero-order valence-electron chi connectivity index (χ0n) is 16.3. The second kappa shape index (κ2) is 6.70. The number of hydrogen-bond donors (Lipinski definition) is 1. The number of nitrogens with one attached hydrogen (secondary N) is 1. The van der Waals surface area contributed by atoms with Crippen LogP contribution in [0.5, 0.6) is 5.75 Å². The number of likely N-dealkylation sites (tertiary alicyclic amines) is 1. The highest BCUT2D eigenvalue weighted by Gasteiger charge is 2.48. The monoisotopic (exact) mass is 399 g/mol. The third kappa shape index (κ3) is 3.24. The molecule has 1 amide bonds. The van der Waals surface area contributed by atoms with Crippen LogP contribution in [0.25, 0.3) is 0 Å². The maximum absolute atomic E-state index is 11.2. The Balaban J connectivity index is 1.27. The van der Waals surface area contributed by atoms with Gasteiger partial charge in [0.2, 0.25) is 5.91 Å². The number of ether oxygens (including phenoxy) is 1. The molecule has 8 heteroatoms. The van der Waals surface area contributed by atoms with E-state index in [1.165, 1.54) is 18.9 Å². The third-order valence-electron chi connectivity index (χ3n) is 5.93. The van der Waals surface area contributed by atoms with Gasteiger partial charge in [-0.05, 0) is 19.4 Å². The Morgan fingerprint density at radius 1 is 1.39 bits per heavy atom. The first-order valence-electron chi connectivity index (χ1n) is 9.89. The van der Waals surface area contributed by atoms with Crippen LogP contribution in [0, 0.1) is 0 Å². The SMILES string of the molecule is CC(=O)Nc1ncc(CN2C[C@@]3(Cc4cc(N5CCC5)ncc4O3)C[C@@H]2C)s1. The summed E-state index contributed by atoms with van der Waals surface area (Å²) in [7, 11) is 0. The first kappa shape index (κ1) is 17.9. The molecule has 2 saturated heterocycles. The van der Waals surface area contributed by atoms with Crippen LogP contribution >= 0.6 is 11.3 Å². The Morgan fingerprint density at radius 3 is 3.00 bits per heavy atom. The summed E-state index contributed by atoms with van der Waals surface area (Å²) < 4.78 is 6.45. The van der Waals surface area contributed by atoms with Gasteiger partial charge in [-0.1, -0.05) is 0 Å². The van der Waals surface area contributed by atoms with E-state index in [0.717, 1.165) is 55.5 Å². The summed E-state index contributed by atoms with van der Waals surface area (Å²) in [5, 5.41) is 3.42. The normalized spacial score (nSPS) is 26.2. The molecule has 2 atom stereocenters. The van der Waals surface area contributed by atoms with Crippen LogP contribution in [0.15, 0.2) is 18.5 Å². The number of anilines is 2. The Morgan fingerprint density at radius 2 is 2.25 bits per heavy atom. The number of carbonyl (C=O) groups excluding carboxylic acids is 1. The predicted molar refractivity (Wildman–Crippen MR) is 109 cm³/mol. The highest BCUT2D eigenvalue weighted by molar-refractivity contribution is 7.15. The van der Waals surface area contributed by atoms with E-state index in [-0.39, 0.29) is 11.5 Å². The van der Waals surface area contributed by atoms with Crippen LogP contribution in [-0.4, -0.2) is 52.1 Å². The van der Waals surface area contributed by atoms with Gasteiger partial charge in [-0.2, -0.15) is 0 Å². The lowest BCUT2D eigenvalue weighted by molar-refractivity contribution is -0.114. The lowest BCUT2D eigenvalue weighted by atomic mass is 9.95. The van der Waals surface area contributed by atoms with Gasteiger partial charge >= 0.3 is 0 Å². The number of amides is 1. The van der Waals surface area contributed by atoms with E-state index in [1.807, 2.05) is 12.4 Å². The predicted octanol–water partition coefficient (Wildman–Crippen LogP) is 2.67. The highest BCUT2D eigenvalue weighted by atomic mass is 32.1. The Kier molecular flexibility index (Phi) is 4.28. The Labute approximate surface area is 168 Å². The van der Waals surface area contributed by atoms with Gasteiger partial charge in [-0.25, -0.2) is 9.97 Å². The average Bonchev–Trinajstić information content (AvgIpc) is 3.23. The zero-order chi connectivity index (χ0) is 19.3. The second-order valence-corrected chi connectivity index (χ2v) is 9.34. The summed E-state index contributed by atoms with van der Waals surface area (Å²) in [5.74, 6) is 1.95. The van der Waals surface area contributed by atoms with Crippen molar-refractivity contribution in [2.24, 2.45) is 0 Å². The first-order chi connectivity index (χ1) is 13.5. The minimum Gasteiger partial charge on any atom is -0.484 e. The van der Waals surface area contributed by atoms with Gasteiger partial charge in [0.1, 0.15) is 17.2 Å². The van der Waals surface area contributed by atoms with Crippen molar-refractivity contribution < 1.29 is 9.53 Å². The maximum Gasteiger partial charge on any atom is 0.223 e. The van der Waals surface area contributed by atoms with Crippen LogP contribution in [0.2, 0.25) is 0 Å². The largest absolute Gasteiger partial charge is 0.484 e. The standard InChI is InChI=1S/C20H25N5O2S/c1-13-7-20(12-25(13)11-16-9-22-19(28-16)23-14(2)26)8-15-6-18(24-4-3-5-24)21-10-17(15)27-20/h6,9-10,13H,3-5,7-8,11-12H2,1-2H3,(H,22,23,26)/t13-,20-/m0/s1. The van der Waals surface area contributed by atoms with Crippen LogP contribution in [0.4, 0.5) is 10.9 Å². The second-order valence-electron chi connectivity index (χ2n) is 8.22. The number of fused-ring (bicyclic) bond motifs is 1. The fourth-order valence-electron chi connectivity index (χ4n) is 4.50. The Hall–Kier alpha value is -2.19. The van der Waals surface area contributed by atoms with E-state index in [0.29, 0.717) is 11.2 Å². The number of thiazole rings is 1. The molecule has 0 aliphatic carbocycles. The van der Waals surface area contributed by atoms with E-state index in [1.54, 1.807) is 11.3 Å². The molecule has 2 fully saturated rings. The lowest BCUT2D eigenvalue weighted by Gasteiger charge is -2.32. The molecule has 0 saturated carbocycles. The van der Waals surface area contributed by atoms with Crippen molar-refractivity contribution in [2.45, 2.75) is 51.3 Å². The lowest BCUT2D eigenvalue weighted by Crippen LogP contribution is -2.38. The molecule has 0 bridgehead atoms. The van der Waals surface area contributed by atoms with Crippen LogP contribution in [-0.2, 0) is 17.8 Å². The van der Waals surface area contributed by atoms with E-state index in [9.17, 15) is 4.79 Å². The van der Waals surface area contributed by atoms with Crippen LogP contribution in [0.3, 0.4) is 0 Å². The molecule has 2 aromatic heterocycles. The molecule has 5 heterocycles. The molecule has 0 radical (unpaired) electrons. The van der Waals surface area contributed by atoms with Crippen molar-refractivity contribution in [3.05, 3.63) is 28.9 Å². The van der Waals surface area contributed by atoms with Crippen molar-refractivity contribution >= 4 is 28.2 Å². The maximum atomic E-state index is 11.2. The summed E-state index contributed by atoms with van der Waals surface area (Å²) in [6.45, 7) is 7.72. The fourth-order valence-corrected chi connectivity index (χ4v) is 5.38. The molecule has 7 nitrogen and oxygen atoms in total. The minimum absolute atomic E-state index is 0.0854. The number of aromatic nitrogens is 2. The van der Waals surface area contributed by atoms with Crippen molar-refractivity contribution in [3.63, 3.8) is 0 Å². The molecular formula is C20H25N5O2S. The van der Waals surface area contributed by atoms with Gasteiger partial charge in [0, 0.05) is 68.6 Å². The van der Waals surface area contributed by atoms with Crippen molar-refractivity contribution in [1.29, 1.82) is 0 Å². The molecule has 3 aliphatic rings. The quantitative estimate of drug-likeness (QED) is 0.852. The van der Waals surface area contributed by atoms with Gasteiger partial charge in [-0.15, -0.1) is 11.3 Å². The van der Waals surface area contributed by atoms with Gasteiger partial charge < -0.3 is 15.0 Å². The van der Waals surface area contributed by atoms with E-state index < -0.39 is 0 Å². The van der Waals surface area contributed by atoms with Crippen LogP contribution < -0.4 is 15.0 Å². The molecule has 148 valence electrons. The van der Waals surface area contributed by atoms with Crippen molar-refractivity contribution in [3.8, 4) is 5.75 Å². The van der Waals surface area contributed by atoms with Gasteiger partial charge in [0.05, 0.1) is 6.20 Å². The van der Waals surface area contributed by atoms with E-state index in [4.69, 9.17) is 4.74 Å². The molecule has 0 unspecified atom stereocenters. The molecule has 0 aromatic carbocycles. The number of rotatable bonds is 4.